The van der Waals surface area contributed by atoms with Gasteiger partial charge in [-0.3, -0.25) is 0 Å². The number of hydrogen-bond donors (Lipinski definition) is 2. The van der Waals surface area contributed by atoms with E-state index in [1.54, 1.807) is 36.4 Å². The molecule has 0 radical (unpaired) electrons. The van der Waals surface area contributed by atoms with Gasteiger partial charge in [-0.05, 0) is 29.8 Å². The summed E-state index contributed by atoms with van der Waals surface area (Å²) in [5.74, 6) is 0.0238. The zero-order valence-electron chi connectivity index (χ0n) is 9.83. The van der Waals surface area contributed by atoms with Crippen LogP contribution in [0, 0.1) is 4.51 Å². The highest BCUT2D eigenvalue weighted by molar-refractivity contribution is 7.71. The molecule has 0 fully saturated rings. The lowest BCUT2D eigenvalue weighted by atomic mass is 10.1. The Hall–Kier alpha value is -2.33. The third-order valence-corrected chi connectivity index (χ3v) is 3.16. The summed E-state index contributed by atoms with van der Waals surface area (Å²) in [5, 5.41) is 20.1. The molecule has 2 aromatic carbocycles. The van der Waals surface area contributed by atoms with Crippen molar-refractivity contribution in [2.75, 3.05) is 0 Å². The number of hydrogen-bond acceptors (Lipinski definition) is 4. The van der Waals surface area contributed by atoms with Crippen LogP contribution in [-0.2, 0) is 0 Å². The molecule has 0 aliphatic heterocycles. The van der Waals surface area contributed by atoms with E-state index in [0.717, 1.165) is 10.9 Å². The van der Waals surface area contributed by atoms with Crippen LogP contribution < -0.4 is 0 Å². The van der Waals surface area contributed by atoms with Crippen molar-refractivity contribution < 1.29 is 14.6 Å². The molecule has 0 amide bonds. The standard InChI is InChI=1S/C15H10O3S/c16-10-6-4-9(5-7-10)14-12-3-1-2-11(19)8-13(12)18-15(14)17/h1-8,16-17H. The molecule has 0 spiro atoms. The van der Waals surface area contributed by atoms with Crippen LogP contribution in [0.4, 0.5) is 0 Å². The first-order valence-electron chi connectivity index (χ1n) is 5.70. The highest BCUT2D eigenvalue weighted by Gasteiger charge is 2.14. The Bertz CT molecular complexity index is 804. The second-order valence-electron chi connectivity index (χ2n) is 4.18. The molecule has 1 heterocycles. The molecule has 0 bridgehead atoms. The van der Waals surface area contributed by atoms with Gasteiger partial charge in [0.1, 0.15) is 11.3 Å². The van der Waals surface area contributed by atoms with E-state index in [9.17, 15) is 10.2 Å². The van der Waals surface area contributed by atoms with Crippen LogP contribution in [0.15, 0.2) is 52.9 Å². The van der Waals surface area contributed by atoms with Crippen molar-refractivity contribution >= 4 is 23.2 Å². The van der Waals surface area contributed by atoms with Crippen LogP contribution >= 0.6 is 12.2 Å². The zero-order valence-corrected chi connectivity index (χ0v) is 10.6. The van der Waals surface area contributed by atoms with E-state index in [2.05, 4.69) is 0 Å². The molecule has 0 atom stereocenters. The summed E-state index contributed by atoms with van der Waals surface area (Å²) in [7, 11) is 0. The molecule has 2 N–H and O–H groups in total. The Balaban J connectivity index is 2.35. The molecule has 0 unspecified atom stereocenters. The van der Waals surface area contributed by atoms with Crippen LogP contribution in [0.2, 0.25) is 0 Å². The third-order valence-electron chi connectivity index (χ3n) is 2.91. The van der Waals surface area contributed by atoms with E-state index in [0.29, 0.717) is 15.7 Å². The Labute approximate surface area is 114 Å². The van der Waals surface area contributed by atoms with Crippen molar-refractivity contribution in [3.8, 4) is 22.8 Å². The van der Waals surface area contributed by atoms with Gasteiger partial charge in [0, 0.05) is 9.90 Å². The zero-order chi connectivity index (χ0) is 13.4. The van der Waals surface area contributed by atoms with Gasteiger partial charge in [0.25, 0.3) is 5.95 Å². The SMILES string of the molecule is Oc1ccc(-c2c(O)oc3cc(=S)cccc23)cc1. The summed E-state index contributed by atoms with van der Waals surface area (Å²) in [6, 6.07) is 13.7. The van der Waals surface area contributed by atoms with Crippen molar-refractivity contribution in [3.05, 3.63) is 53.0 Å². The first kappa shape index (κ1) is 11.7. The normalized spacial score (nSPS) is 10.7. The summed E-state index contributed by atoms with van der Waals surface area (Å²) < 4.78 is 5.99. The molecular formula is C15H10O3S. The quantitative estimate of drug-likeness (QED) is 0.649. The maximum absolute atomic E-state index is 9.97. The number of benzene rings is 1. The molecule has 19 heavy (non-hydrogen) atoms. The lowest BCUT2D eigenvalue weighted by Gasteiger charge is -1.99. The highest BCUT2D eigenvalue weighted by Crippen LogP contribution is 2.39. The van der Waals surface area contributed by atoms with E-state index in [1.165, 1.54) is 0 Å². The fraction of sp³-hybridized carbons (Fsp3) is 0. The molecule has 4 heteroatoms. The van der Waals surface area contributed by atoms with E-state index in [-0.39, 0.29) is 11.7 Å². The van der Waals surface area contributed by atoms with Crippen molar-refractivity contribution in [1.82, 2.24) is 0 Å². The fourth-order valence-corrected chi connectivity index (χ4v) is 2.23. The topological polar surface area (TPSA) is 53.6 Å². The summed E-state index contributed by atoms with van der Waals surface area (Å²) in [6.45, 7) is 0. The fourth-order valence-electron chi connectivity index (χ4n) is 2.04. The van der Waals surface area contributed by atoms with Crippen LogP contribution in [0.1, 0.15) is 0 Å². The largest absolute Gasteiger partial charge is 0.508 e. The van der Waals surface area contributed by atoms with Gasteiger partial charge >= 0.3 is 0 Å². The second kappa shape index (κ2) is 4.40. The average Bonchev–Trinajstić information content (AvgIpc) is 2.56. The summed E-state index contributed by atoms with van der Waals surface area (Å²) in [5.41, 5.74) is 1.90. The first-order valence-corrected chi connectivity index (χ1v) is 6.11. The average molecular weight is 270 g/mol. The van der Waals surface area contributed by atoms with Crippen molar-refractivity contribution in [3.63, 3.8) is 0 Å². The van der Waals surface area contributed by atoms with Crippen LogP contribution in [0.5, 0.6) is 11.7 Å². The minimum Gasteiger partial charge on any atom is -0.508 e. The maximum Gasteiger partial charge on any atom is 0.291 e. The lowest BCUT2D eigenvalue weighted by Crippen LogP contribution is -1.75. The van der Waals surface area contributed by atoms with Gasteiger partial charge in [-0.1, -0.05) is 36.5 Å². The molecule has 94 valence electrons. The van der Waals surface area contributed by atoms with Gasteiger partial charge < -0.3 is 14.6 Å². The molecule has 0 saturated heterocycles. The van der Waals surface area contributed by atoms with Crippen LogP contribution in [0.3, 0.4) is 0 Å². The molecule has 0 saturated carbocycles. The maximum atomic E-state index is 9.97. The first-order chi connectivity index (χ1) is 9.15. The predicted molar refractivity (Wildman–Crippen MR) is 75.8 cm³/mol. The number of rotatable bonds is 1. The minimum atomic E-state index is -0.152. The highest BCUT2D eigenvalue weighted by atomic mass is 32.1. The summed E-state index contributed by atoms with van der Waals surface area (Å²) in [4.78, 5) is 0. The summed E-state index contributed by atoms with van der Waals surface area (Å²) >= 11 is 5.12. The van der Waals surface area contributed by atoms with Gasteiger partial charge in [0.2, 0.25) is 0 Å². The monoisotopic (exact) mass is 270 g/mol. The molecule has 3 rings (SSSR count). The molecule has 0 aliphatic carbocycles. The van der Waals surface area contributed by atoms with Crippen LogP contribution in [-0.4, -0.2) is 10.2 Å². The van der Waals surface area contributed by atoms with E-state index >= 15 is 0 Å². The Kier molecular flexibility index (Phi) is 2.72. The third kappa shape index (κ3) is 2.06. The van der Waals surface area contributed by atoms with Crippen molar-refractivity contribution in [2.24, 2.45) is 0 Å². The molecular weight excluding hydrogens is 260 g/mol. The van der Waals surface area contributed by atoms with Crippen molar-refractivity contribution in [1.29, 1.82) is 0 Å². The summed E-state index contributed by atoms with van der Waals surface area (Å²) in [6.07, 6.45) is 0. The van der Waals surface area contributed by atoms with E-state index in [1.807, 2.05) is 12.1 Å². The second-order valence-corrected chi connectivity index (χ2v) is 4.65. The Morgan fingerprint density at radius 2 is 1.68 bits per heavy atom. The molecule has 0 aliphatic rings. The smallest absolute Gasteiger partial charge is 0.291 e. The predicted octanol–water partition coefficient (Wildman–Crippen LogP) is 4.24. The number of aromatic hydroxyl groups is 2. The van der Waals surface area contributed by atoms with E-state index < -0.39 is 0 Å². The van der Waals surface area contributed by atoms with Gasteiger partial charge in [-0.25, -0.2) is 0 Å². The van der Waals surface area contributed by atoms with Gasteiger partial charge in [-0.2, -0.15) is 0 Å². The molecule has 1 aromatic heterocycles. The number of fused-ring (bicyclic) bond motifs is 1. The van der Waals surface area contributed by atoms with Gasteiger partial charge in [0.15, 0.2) is 0 Å². The number of phenols is 1. The lowest BCUT2D eigenvalue weighted by molar-refractivity contribution is 0.348. The van der Waals surface area contributed by atoms with Crippen LogP contribution in [0.25, 0.3) is 22.1 Å². The van der Waals surface area contributed by atoms with Gasteiger partial charge in [-0.15, -0.1) is 0 Å². The van der Waals surface area contributed by atoms with Crippen molar-refractivity contribution in [2.45, 2.75) is 0 Å². The van der Waals surface area contributed by atoms with Gasteiger partial charge in [0.05, 0.1) is 5.56 Å². The number of furan rings is 1. The Morgan fingerprint density at radius 1 is 0.947 bits per heavy atom. The van der Waals surface area contributed by atoms with E-state index in [4.69, 9.17) is 16.6 Å². The Morgan fingerprint density at radius 3 is 2.42 bits per heavy atom. The minimum absolute atomic E-state index is 0.152. The molecule has 3 aromatic rings. The molecule has 3 nitrogen and oxygen atoms in total. The number of phenolic OH excluding ortho intramolecular Hbond substituents is 1.